The molecule has 23 heavy (non-hydrogen) atoms. The lowest BCUT2D eigenvalue weighted by atomic mass is 10.0. The van der Waals surface area contributed by atoms with Gasteiger partial charge in [0, 0.05) is 32.0 Å². The van der Waals surface area contributed by atoms with Crippen LogP contribution in [0.1, 0.15) is 32.3 Å². The van der Waals surface area contributed by atoms with Crippen molar-refractivity contribution in [2.24, 2.45) is 4.99 Å². The largest absolute Gasteiger partial charge is 0.481 e. The number of hydrogen-bond donors (Lipinski definition) is 2. The third kappa shape index (κ3) is 6.50. The monoisotopic (exact) mass is 434 g/mol. The van der Waals surface area contributed by atoms with Crippen molar-refractivity contribution in [3.63, 3.8) is 0 Å². The van der Waals surface area contributed by atoms with Crippen molar-refractivity contribution in [3.8, 4) is 5.88 Å². The predicted molar refractivity (Wildman–Crippen MR) is 103 cm³/mol. The second-order valence-corrected chi connectivity index (χ2v) is 5.66. The summed E-state index contributed by atoms with van der Waals surface area (Å²) in [6.45, 7) is 7.21. The van der Waals surface area contributed by atoms with Gasteiger partial charge >= 0.3 is 0 Å². The Morgan fingerprint density at radius 3 is 2.83 bits per heavy atom. The Morgan fingerprint density at radius 1 is 1.43 bits per heavy atom. The molecule has 0 spiro atoms. The molecule has 1 fully saturated rings. The number of aliphatic imine (C=N–C) groups is 1. The lowest BCUT2D eigenvalue weighted by Crippen LogP contribution is -2.45. The molecular weight excluding hydrogens is 407 g/mol. The van der Waals surface area contributed by atoms with Crippen LogP contribution < -0.4 is 15.4 Å². The van der Waals surface area contributed by atoms with Crippen LogP contribution in [0.15, 0.2) is 23.3 Å². The maximum absolute atomic E-state index is 5.79. The highest BCUT2D eigenvalue weighted by atomic mass is 127. The van der Waals surface area contributed by atoms with Crippen molar-refractivity contribution in [3.05, 3.63) is 23.9 Å². The number of rotatable bonds is 6. The van der Waals surface area contributed by atoms with Crippen LogP contribution in [0, 0.1) is 0 Å². The summed E-state index contributed by atoms with van der Waals surface area (Å²) in [5, 5.41) is 6.62. The molecule has 130 valence electrons. The Bertz CT molecular complexity index is 487. The molecule has 0 aliphatic carbocycles. The first-order valence-corrected chi connectivity index (χ1v) is 7.80. The van der Waals surface area contributed by atoms with Crippen molar-refractivity contribution in [2.45, 2.75) is 38.8 Å². The average molecular weight is 434 g/mol. The molecule has 0 radical (unpaired) electrons. The summed E-state index contributed by atoms with van der Waals surface area (Å²) in [7, 11) is 1.61. The van der Waals surface area contributed by atoms with Gasteiger partial charge in [0.15, 0.2) is 5.96 Å². The van der Waals surface area contributed by atoms with Crippen LogP contribution in [-0.4, -0.2) is 43.4 Å². The van der Waals surface area contributed by atoms with E-state index in [-0.39, 0.29) is 29.6 Å². The van der Waals surface area contributed by atoms with E-state index in [4.69, 9.17) is 9.47 Å². The smallest absolute Gasteiger partial charge is 0.212 e. The van der Waals surface area contributed by atoms with E-state index < -0.39 is 0 Å². The number of methoxy groups -OCH3 is 1. The van der Waals surface area contributed by atoms with Crippen LogP contribution in [0.25, 0.3) is 0 Å². The molecule has 0 bridgehead atoms. The summed E-state index contributed by atoms with van der Waals surface area (Å²) in [5.41, 5.74) is 0.957. The van der Waals surface area contributed by atoms with Crippen LogP contribution in [0.3, 0.4) is 0 Å². The lowest BCUT2D eigenvalue weighted by Gasteiger charge is -2.24. The van der Waals surface area contributed by atoms with E-state index in [1.165, 1.54) is 0 Å². The van der Waals surface area contributed by atoms with E-state index >= 15 is 0 Å². The highest BCUT2D eigenvalue weighted by Gasteiger charge is 2.29. The first kappa shape index (κ1) is 20.0. The number of halogens is 1. The Balaban J connectivity index is 0.00000264. The third-order valence-corrected chi connectivity index (χ3v) is 3.70. The van der Waals surface area contributed by atoms with Gasteiger partial charge in [-0.05, 0) is 32.3 Å². The molecule has 0 aromatic carbocycles. The van der Waals surface area contributed by atoms with E-state index in [2.05, 4.69) is 34.5 Å². The van der Waals surface area contributed by atoms with Gasteiger partial charge in [0.05, 0.1) is 19.3 Å². The number of nitrogens with zero attached hydrogens (tertiary/aromatic N) is 2. The van der Waals surface area contributed by atoms with Crippen molar-refractivity contribution in [2.75, 3.05) is 26.8 Å². The van der Waals surface area contributed by atoms with E-state index in [1.54, 1.807) is 13.3 Å². The predicted octanol–water partition coefficient (Wildman–Crippen LogP) is 2.33. The third-order valence-electron chi connectivity index (χ3n) is 3.70. The van der Waals surface area contributed by atoms with Gasteiger partial charge in [-0.15, -0.1) is 24.0 Å². The fourth-order valence-electron chi connectivity index (χ4n) is 2.38. The molecule has 2 rings (SSSR count). The molecule has 1 saturated heterocycles. The van der Waals surface area contributed by atoms with Gasteiger partial charge in [0.25, 0.3) is 0 Å². The quantitative estimate of drug-likeness (QED) is 0.409. The normalized spacial score (nSPS) is 20.7. The number of ether oxygens (including phenoxy) is 2. The molecular formula is C16H27IN4O2. The fourth-order valence-corrected chi connectivity index (χ4v) is 2.38. The Kier molecular flexibility index (Phi) is 8.60. The minimum atomic E-state index is -0.0855. The standard InChI is InChI=1S/C16H26N4O2.HI/c1-4-17-15(20-12-16(2)8-5-9-22-16)19-11-13-6-7-14(21-3)18-10-13;/h6-7,10H,4-5,8-9,11-12H2,1-3H3,(H2,17,19,20);1H. The second kappa shape index (κ2) is 9.92. The summed E-state index contributed by atoms with van der Waals surface area (Å²) in [6.07, 6.45) is 4.00. The fraction of sp³-hybridized carbons (Fsp3) is 0.625. The number of guanidine groups is 1. The summed E-state index contributed by atoms with van der Waals surface area (Å²) >= 11 is 0. The van der Waals surface area contributed by atoms with Gasteiger partial charge in [-0.1, -0.05) is 6.07 Å². The SMILES string of the molecule is CCNC(=NCc1ccc(OC)nc1)NCC1(C)CCCO1.I. The summed E-state index contributed by atoms with van der Waals surface area (Å²) in [4.78, 5) is 8.78. The molecule has 1 aromatic rings. The van der Waals surface area contributed by atoms with Crippen molar-refractivity contribution < 1.29 is 9.47 Å². The zero-order valence-corrected chi connectivity index (χ0v) is 16.4. The molecule has 1 atom stereocenters. The van der Waals surface area contributed by atoms with Gasteiger partial charge in [-0.25, -0.2) is 9.98 Å². The summed E-state index contributed by atoms with van der Waals surface area (Å²) in [6, 6.07) is 3.82. The van der Waals surface area contributed by atoms with E-state index in [9.17, 15) is 0 Å². The molecule has 1 aromatic heterocycles. The molecule has 0 saturated carbocycles. The first-order valence-electron chi connectivity index (χ1n) is 7.80. The van der Waals surface area contributed by atoms with Crippen LogP contribution in [0.2, 0.25) is 0 Å². The maximum Gasteiger partial charge on any atom is 0.212 e. The molecule has 1 aliphatic rings. The zero-order chi connectivity index (χ0) is 15.8. The van der Waals surface area contributed by atoms with Crippen LogP contribution >= 0.6 is 24.0 Å². The van der Waals surface area contributed by atoms with E-state index in [0.29, 0.717) is 12.4 Å². The van der Waals surface area contributed by atoms with Crippen LogP contribution in [0.5, 0.6) is 5.88 Å². The van der Waals surface area contributed by atoms with Gasteiger partial charge in [0.2, 0.25) is 5.88 Å². The lowest BCUT2D eigenvalue weighted by molar-refractivity contribution is 0.0243. The number of nitrogens with one attached hydrogen (secondary N) is 2. The molecule has 2 heterocycles. The van der Waals surface area contributed by atoms with E-state index in [0.717, 1.165) is 44.1 Å². The molecule has 0 amide bonds. The molecule has 1 unspecified atom stereocenters. The highest BCUT2D eigenvalue weighted by Crippen LogP contribution is 2.23. The number of pyridine rings is 1. The second-order valence-electron chi connectivity index (χ2n) is 5.66. The minimum Gasteiger partial charge on any atom is -0.481 e. The molecule has 1 aliphatic heterocycles. The van der Waals surface area contributed by atoms with Gasteiger partial charge < -0.3 is 20.1 Å². The van der Waals surface area contributed by atoms with E-state index in [1.807, 2.05) is 12.1 Å². The molecule has 6 nitrogen and oxygen atoms in total. The van der Waals surface area contributed by atoms with Gasteiger partial charge in [-0.3, -0.25) is 0 Å². The topological polar surface area (TPSA) is 67.8 Å². The first-order chi connectivity index (χ1) is 10.6. The Labute approximate surface area is 155 Å². The van der Waals surface area contributed by atoms with Gasteiger partial charge in [0.1, 0.15) is 0 Å². The van der Waals surface area contributed by atoms with Crippen LogP contribution in [-0.2, 0) is 11.3 Å². The number of aromatic nitrogens is 1. The zero-order valence-electron chi connectivity index (χ0n) is 14.1. The maximum atomic E-state index is 5.79. The Hall–Kier alpha value is -1.09. The molecule has 2 N–H and O–H groups in total. The minimum absolute atomic E-state index is 0. The van der Waals surface area contributed by atoms with Crippen LogP contribution in [0.4, 0.5) is 0 Å². The summed E-state index contributed by atoms with van der Waals surface area (Å²) in [5.74, 6) is 1.42. The summed E-state index contributed by atoms with van der Waals surface area (Å²) < 4.78 is 10.8. The van der Waals surface area contributed by atoms with Gasteiger partial charge in [-0.2, -0.15) is 0 Å². The van der Waals surface area contributed by atoms with Crippen molar-refractivity contribution in [1.29, 1.82) is 0 Å². The Morgan fingerprint density at radius 2 is 2.26 bits per heavy atom. The molecule has 7 heteroatoms. The number of hydrogen-bond acceptors (Lipinski definition) is 4. The highest BCUT2D eigenvalue weighted by molar-refractivity contribution is 14.0. The van der Waals surface area contributed by atoms with Crippen molar-refractivity contribution >= 4 is 29.9 Å². The van der Waals surface area contributed by atoms with Crippen molar-refractivity contribution in [1.82, 2.24) is 15.6 Å². The average Bonchev–Trinajstić information content (AvgIpc) is 2.98.